The Bertz CT molecular complexity index is 479. The molecule has 18 heavy (non-hydrogen) atoms. The lowest BCUT2D eigenvalue weighted by Gasteiger charge is -2.32. The molecule has 0 spiro atoms. The van der Waals surface area contributed by atoms with E-state index in [1.807, 2.05) is 24.3 Å². The van der Waals surface area contributed by atoms with E-state index in [0.29, 0.717) is 13.0 Å². The van der Waals surface area contributed by atoms with Crippen molar-refractivity contribution in [3.8, 4) is 6.07 Å². The Morgan fingerprint density at radius 3 is 3.00 bits per heavy atom. The number of carboxylic acid groups (broad SMARTS) is 1. The van der Waals surface area contributed by atoms with Crippen LogP contribution in [0.1, 0.15) is 29.9 Å². The van der Waals surface area contributed by atoms with Gasteiger partial charge in [-0.05, 0) is 24.1 Å². The van der Waals surface area contributed by atoms with Crippen molar-refractivity contribution in [2.45, 2.75) is 25.3 Å². The molecule has 0 aromatic heterocycles. The second kappa shape index (κ2) is 5.65. The third kappa shape index (κ3) is 2.69. The number of unbranched alkanes of at least 4 members (excludes halogenated alkanes) is 1. The lowest BCUT2D eigenvalue weighted by molar-refractivity contribution is -0.139. The van der Waals surface area contributed by atoms with Crippen LogP contribution in [0, 0.1) is 11.3 Å². The molecule has 4 nitrogen and oxygen atoms in total. The van der Waals surface area contributed by atoms with Gasteiger partial charge >= 0.3 is 5.97 Å². The van der Waals surface area contributed by atoms with Crippen molar-refractivity contribution in [3.05, 3.63) is 35.4 Å². The van der Waals surface area contributed by atoms with Crippen molar-refractivity contribution in [3.63, 3.8) is 0 Å². The first kappa shape index (κ1) is 12.6. The van der Waals surface area contributed by atoms with Crippen LogP contribution in [0.5, 0.6) is 0 Å². The minimum absolute atomic E-state index is 0.447. The predicted octanol–water partition coefficient (Wildman–Crippen LogP) is 1.97. The average Bonchev–Trinajstić information content (AvgIpc) is 2.38. The fraction of sp³-hybridized carbons (Fsp3) is 0.429. The summed E-state index contributed by atoms with van der Waals surface area (Å²) in [5.41, 5.74) is 2.02. The van der Waals surface area contributed by atoms with Crippen LogP contribution in [-0.4, -0.2) is 29.1 Å². The Morgan fingerprint density at radius 2 is 2.28 bits per heavy atom. The zero-order valence-electron chi connectivity index (χ0n) is 10.2. The van der Waals surface area contributed by atoms with Gasteiger partial charge in [-0.1, -0.05) is 24.3 Å². The number of hydrogen-bond acceptors (Lipinski definition) is 3. The van der Waals surface area contributed by atoms with E-state index in [4.69, 9.17) is 5.26 Å². The van der Waals surface area contributed by atoms with Gasteiger partial charge in [0.05, 0.1) is 12.0 Å². The van der Waals surface area contributed by atoms with E-state index in [0.717, 1.165) is 30.6 Å². The SMILES string of the molecule is N#CCCCN1Cc2ccccc2C(C(=O)O)C1. The summed E-state index contributed by atoms with van der Waals surface area (Å²) < 4.78 is 0. The van der Waals surface area contributed by atoms with Crippen LogP contribution >= 0.6 is 0 Å². The Hall–Kier alpha value is -1.86. The van der Waals surface area contributed by atoms with Gasteiger partial charge < -0.3 is 5.11 Å². The van der Waals surface area contributed by atoms with Crippen LogP contribution in [0.15, 0.2) is 24.3 Å². The van der Waals surface area contributed by atoms with E-state index in [-0.39, 0.29) is 0 Å². The molecular formula is C14H16N2O2. The number of hydrogen-bond donors (Lipinski definition) is 1. The van der Waals surface area contributed by atoms with Crippen molar-refractivity contribution in [2.24, 2.45) is 0 Å². The number of carboxylic acids is 1. The van der Waals surface area contributed by atoms with E-state index in [1.54, 1.807) is 0 Å². The van der Waals surface area contributed by atoms with Gasteiger partial charge in [0.1, 0.15) is 0 Å². The first-order chi connectivity index (χ1) is 8.72. The summed E-state index contributed by atoms with van der Waals surface area (Å²) in [7, 11) is 0. The number of nitrogens with zero attached hydrogens (tertiary/aromatic N) is 2. The monoisotopic (exact) mass is 244 g/mol. The van der Waals surface area contributed by atoms with Crippen LogP contribution in [0.4, 0.5) is 0 Å². The second-order valence-corrected chi connectivity index (χ2v) is 4.59. The normalized spacial score (nSPS) is 18.9. The molecule has 1 unspecified atom stereocenters. The molecule has 1 aromatic rings. The molecule has 0 radical (unpaired) electrons. The Balaban J connectivity index is 2.13. The van der Waals surface area contributed by atoms with Gasteiger partial charge in [-0.2, -0.15) is 5.26 Å². The van der Waals surface area contributed by atoms with Gasteiger partial charge in [0, 0.05) is 19.5 Å². The van der Waals surface area contributed by atoms with Crippen molar-refractivity contribution in [2.75, 3.05) is 13.1 Å². The summed E-state index contributed by atoms with van der Waals surface area (Å²) in [6.45, 7) is 2.11. The highest BCUT2D eigenvalue weighted by Crippen LogP contribution is 2.28. The Kier molecular flexibility index (Phi) is 3.96. The summed E-state index contributed by atoms with van der Waals surface area (Å²) in [6, 6.07) is 9.84. The van der Waals surface area contributed by atoms with Gasteiger partial charge in [-0.15, -0.1) is 0 Å². The van der Waals surface area contributed by atoms with Crippen LogP contribution in [0.2, 0.25) is 0 Å². The predicted molar refractivity (Wildman–Crippen MR) is 66.9 cm³/mol. The topological polar surface area (TPSA) is 64.3 Å². The lowest BCUT2D eigenvalue weighted by atomic mass is 9.90. The van der Waals surface area contributed by atoms with Gasteiger partial charge in [-0.3, -0.25) is 9.69 Å². The fourth-order valence-electron chi connectivity index (χ4n) is 2.44. The molecule has 1 aliphatic rings. The number of carbonyl (C=O) groups is 1. The lowest BCUT2D eigenvalue weighted by Crippen LogP contribution is -2.37. The number of fused-ring (bicyclic) bond motifs is 1. The van der Waals surface area contributed by atoms with E-state index in [9.17, 15) is 9.90 Å². The smallest absolute Gasteiger partial charge is 0.312 e. The molecule has 0 amide bonds. The molecule has 1 N–H and O–H groups in total. The molecule has 1 aliphatic heterocycles. The Morgan fingerprint density at radius 1 is 1.50 bits per heavy atom. The van der Waals surface area contributed by atoms with Gasteiger partial charge in [0.25, 0.3) is 0 Å². The molecule has 0 bridgehead atoms. The van der Waals surface area contributed by atoms with Crippen LogP contribution in [0.25, 0.3) is 0 Å². The van der Waals surface area contributed by atoms with Crippen molar-refractivity contribution in [1.29, 1.82) is 5.26 Å². The van der Waals surface area contributed by atoms with E-state index >= 15 is 0 Å². The maximum atomic E-state index is 11.3. The average molecular weight is 244 g/mol. The molecule has 1 atom stereocenters. The number of aliphatic carboxylic acids is 1. The van der Waals surface area contributed by atoms with Crippen LogP contribution in [0.3, 0.4) is 0 Å². The molecule has 94 valence electrons. The molecule has 2 rings (SSSR count). The zero-order valence-corrected chi connectivity index (χ0v) is 10.2. The fourth-order valence-corrected chi connectivity index (χ4v) is 2.44. The molecule has 1 heterocycles. The quantitative estimate of drug-likeness (QED) is 0.822. The summed E-state index contributed by atoms with van der Waals surface area (Å²) in [5.74, 6) is -1.22. The molecule has 0 saturated carbocycles. The van der Waals surface area contributed by atoms with Crippen LogP contribution in [-0.2, 0) is 11.3 Å². The summed E-state index contributed by atoms with van der Waals surface area (Å²) in [6.07, 6.45) is 1.32. The molecule has 0 fully saturated rings. The third-order valence-electron chi connectivity index (χ3n) is 3.33. The molecule has 1 aromatic carbocycles. The number of nitriles is 1. The summed E-state index contributed by atoms with van der Waals surface area (Å²) in [5, 5.41) is 17.8. The summed E-state index contributed by atoms with van der Waals surface area (Å²) >= 11 is 0. The van der Waals surface area contributed by atoms with Gasteiger partial charge in [0.2, 0.25) is 0 Å². The second-order valence-electron chi connectivity index (χ2n) is 4.59. The highest BCUT2D eigenvalue weighted by molar-refractivity contribution is 5.77. The maximum absolute atomic E-state index is 11.3. The molecular weight excluding hydrogens is 228 g/mol. The first-order valence-electron chi connectivity index (χ1n) is 6.12. The third-order valence-corrected chi connectivity index (χ3v) is 3.33. The largest absolute Gasteiger partial charge is 0.481 e. The zero-order chi connectivity index (χ0) is 13.0. The number of rotatable bonds is 4. The van der Waals surface area contributed by atoms with Crippen molar-refractivity contribution >= 4 is 5.97 Å². The molecule has 0 aliphatic carbocycles. The van der Waals surface area contributed by atoms with E-state index in [1.165, 1.54) is 0 Å². The standard InChI is InChI=1S/C14H16N2O2/c15-7-3-4-8-16-9-11-5-1-2-6-12(11)13(10-16)14(17)18/h1-2,5-6,13H,3-4,8-10H2,(H,17,18). The first-order valence-corrected chi connectivity index (χ1v) is 6.12. The maximum Gasteiger partial charge on any atom is 0.312 e. The van der Waals surface area contributed by atoms with Gasteiger partial charge in [0.15, 0.2) is 0 Å². The molecule has 4 heteroatoms. The highest BCUT2D eigenvalue weighted by Gasteiger charge is 2.29. The van der Waals surface area contributed by atoms with Gasteiger partial charge in [-0.25, -0.2) is 0 Å². The minimum atomic E-state index is -0.771. The van der Waals surface area contributed by atoms with Crippen molar-refractivity contribution in [1.82, 2.24) is 4.90 Å². The minimum Gasteiger partial charge on any atom is -0.481 e. The molecule has 0 saturated heterocycles. The van der Waals surface area contributed by atoms with E-state index < -0.39 is 11.9 Å². The van der Waals surface area contributed by atoms with Crippen LogP contribution < -0.4 is 0 Å². The van der Waals surface area contributed by atoms with E-state index in [2.05, 4.69) is 11.0 Å². The van der Waals surface area contributed by atoms with Crippen molar-refractivity contribution < 1.29 is 9.90 Å². The summed E-state index contributed by atoms with van der Waals surface area (Å²) in [4.78, 5) is 13.4. The highest BCUT2D eigenvalue weighted by atomic mass is 16.4. The number of benzene rings is 1. The Labute approximate surface area is 106 Å².